The summed E-state index contributed by atoms with van der Waals surface area (Å²) in [5.41, 5.74) is 3.86. The second-order valence-electron chi connectivity index (χ2n) is 9.57. The normalized spacial score (nSPS) is 14.7. The lowest BCUT2D eigenvalue weighted by Gasteiger charge is -2.23. The number of H-pyrrole nitrogens is 1. The van der Waals surface area contributed by atoms with Gasteiger partial charge in [-0.15, -0.1) is 0 Å². The van der Waals surface area contributed by atoms with Gasteiger partial charge in [-0.1, -0.05) is 26.0 Å². The number of anilines is 2. The van der Waals surface area contributed by atoms with Crippen molar-refractivity contribution in [1.29, 1.82) is 0 Å². The highest BCUT2D eigenvalue weighted by atomic mass is 16.1. The van der Waals surface area contributed by atoms with E-state index in [2.05, 4.69) is 58.8 Å². The fraction of sp³-hybridized carbons (Fsp3) is 0.370. The molecule has 7 nitrogen and oxygen atoms in total. The van der Waals surface area contributed by atoms with Crippen LogP contribution in [0.2, 0.25) is 0 Å². The molecule has 0 saturated carbocycles. The van der Waals surface area contributed by atoms with Gasteiger partial charge in [-0.25, -0.2) is 4.98 Å². The Bertz CT molecular complexity index is 1320. The van der Waals surface area contributed by atoms with Crippen LogP contribution in [0, 0.1) is 5.92 Å². The third-order valence-corrected chi connectivity index (χ3v) is 6.60. The largest absolute Gasteiger partial charge is 0.340 e. The van der Waals surface area contributed by atoms with Crippen LogP contribution in [-0.2, 0) is 6.54 Å². The van der Waals surface area contributed by atoms with Crippen molar-refractivity contribution in [3.8, 4) is 11.3 Å². The smallest absolute Gasteiger partial charge is 0.259 e. The number of fused-ring (bicyclic) bond motifs is 1. The molecule has 7 heteroatoms. The van der Waals surface area contributed by atoms with Gasteiger partial charge in [0.25, 0.3) is 5.56 Å². The molecule has 3 N–H and O–H groups in total. The predicted molar refractivity (Wildman–Crippen MR) is 138 cm³/mol. The first-order valence-electron chi connectivity index (χ1n) is 12.2. The molecule has 0 atom stereocenters. The van der Waals surface area contributed by atoms with E-state index in [0.29, 0.717) is 23.0 Å². The highest BCUT2D eigenvalue weighted by molar-refractivity contribution is 5.95. The van der Waals surface area contributed by atoms with Crippen molar-refractivity contribution in [2.24, 2.45) is 5.92 Å². The van der Waals surface area contributed by atoms with Crippen molar-refractivity contribution < 1.29 is 0 Å². The van der Waals surface area contributed by atoms with Crippen molar-refractivity contribution in [3.63, 3.8) is 0 Å². The summed E-state index contributed by atoms with van der Waals surface area (Å²) in [6.45, 7) is 7.45. The number of rotatable bonds is 7. The number of piperidine rings is 1. The quantitative estimate of drug-likeness (QED) is 0.362. The van der Waals surface area contributed by atoms with Crippen LogP contribution in [0.5, 0.6) is 0 Å². The summed E-state index contributed by atoms with van der Waals surface area (Å²) in [5.74, 6) is 1.78. The van der Waals surface area contributed by atoms with Gasteiger partial charge in [0.05, 0.1) is 17.3 Å². The molecule has 0 bridgehead atoms. The molecule has 3 aromatic heterocycles. The number of benzene rings is 1. The predicted octanol–water partition coefficient (Wildman–Crippen LogP) is 5.04. The number of nitrogens with zero attached hydrogens (tertiary/aromatic N) is 3. The molecular weight excluding hydrogens is 424 g/mol. The number of pyridine rings is 2. The lowest BCUT2D eigenvalue weighted by molar-refractivity contribution is 0.460. The molecule has 0 radical (unpaired) electrons. The number of aromatic nitrogens is 4. The van der Waals surface area contributed by atoms with Gasteiger partial charge in [-0.3, -0.25) is 9.48 Å². The SMILES string of the molecule is CC(C)CCn1cc(-c2cc3cc[nH]c(=O)c3c(Nc3ccc(C4CCNCC4)cc3)n2)cn1. The van der Waals surface area contributed by atoms with E-state index in [-0.39, 0.29) is 5.56 Å². The maximum absolute atomic E-state index is 12.7. The first kappa shape index (κ1) is 22.3. The topological polar surface area (TPSA) is 87.6 Å². The molecule has 1 aromatic carbocycles. The number of hydrogen-bond acceptors (Lipinski definition) is 5. The maximum Gasteiger partial charge on any atom is 0.259 e. The van der Waals surface area contributed by atoms with Crippen LogP contribution in [0.15, 0.2) is 59.8 Å². The van der Waals surface area contributed by atoms with Crippen molar-refractivity contribution in [2.75, 3.05) is 18.4 Å². The minimum Gasteiger partial charge on any atom is -0.340 e. The van der Waals surface area contributed by atoms with E-state index in [0.717, 1.165) is 48.4 Å². The number of nitrogens with one attached hydrogen (secondary N) is 3. The molecule has 4 heterocycles. The van der Waals surface area contributed by atoms with Crippen LogP contribution in [0.25, 0.3) is 22.0 Å². The maximum atomic E-state index is 12.7. The zero-order chi connectivity index (χ0) is 23.5. The summed E-state index contributed by atoms with van der Waals surface area (Å²) in [7, 11) is 0. The van der Waals surface area contributed by atoms with Crippen LogP contribution in [-0.4, -0.2) is 32.8 Å². The molecule has 5 rings (SSSR count). The highest BCUT2D eigenvalue weighted by Gasteiger charge is 2.16. The molecule has 34 heavy (non-hydrogen) atoms. The van der Waals surface area contributed by atoms with Crippen LogP contribution < -0.4 is 16.2 Å². The average molecular weight is 457 g/mol. The van der Waals surface area contributed by atoms with E-state index in [1.165, 1.54) is 18.4 Å². The molecule has 1 aliphatic heterocycles. The molecule has 0 unspecified atom stereocenters. The monoisotopic (exact) mass is 456 g/mol. The fourth-order valence-electron chi connectivity index (χ4n) is 4.59. The van der Waals surface area contributed by atoms with Gasteiger partial charge >= 0.3 is 0 Å². The number of aromatic amines is 1. The van der Waals surface area contributed by atoms with E-state index < -0.39 is 0 Å². The van der Waals surface area contributed by atoms with Crippen molar-refractivity contribution in [2.45, 2.75) is 45.6 Å². The minimum atomic E-state index is -0.155. The van der Waals surface area contributed by atoms with Gasteiger partial charge in [-0.05, 0) is 79.4 Å². The zero-order valence-electron chi connectivity index (χ0n) is 19.8. The standard InChI is InChI=1S/C27H32N6O/c1-18(2)10-14-33-17-22(16-30-33)24-15-21-9-13-29-27(34)25(21)26(32-24)31-23-5-3-19(4-6-23)20-7-11-28-12-8-20/h3-6,9,13,15-18,20,28H,7-8,10-12,14H2,1-2H3,(H,29,34)(H,31,32). The summed E-state index contributed by atoms with van der Waals surface area (Å²) in [5, 5.41) is 12.7. The number of aryl methyl sites for hydroxylation is 1. The lowest BCUT2D eigenvalue weighted by atomic mass is 9.90. The van der Waals surface area contributed by atoms with E-state index in [9.17, 15) is 4.79 Å². The van der Waals surface area contributed by atoms with Gasteiger partial charge in [-0.2, -0.15) is 5.10 Å². The average Bonchev–Trinajstić information content (AvgIpc) is 3.33. The summed E-state index contributed by atoms with van der Waals surface area (Å²) >= 11 is 0. The molecule has 4 aromatic rings. The molecule has 0 spiro atoms. The summed E-state index contributed by atoms with van der Waals surface area (Å²) in [4.78, 5) is 20.3. The van der Waals surface area contributed by atoms with E-state index >= 15 is 0 Å². The number of hydrogen-bond donors (Lipinski definition) is 3. The van der Waals surface area contributed by atoms with E-state index in [1.54, 1.807) is 6.20 Å². The Labute approximate surface area is 199 Å². The van der Waals surface area contributed by atoms with Gasteiger partial charge in [0, 0.05) is 30.2 Å². The minimum absolute atomic E-state index is 0.155. The Morgan fingerprint density at radius 1 is 1.15 bits per heavy atom. The first-order chi connectivity index (χ1) is 16.6. The third-order valence-electron chi connectivity index (χ3n) is 6.60. The van der Waals surface area contributed by atoms with E-state index in [4.69, 9.17) is 4.98 Å². The first-order valence-corrected chi connectivity index (χ1v) is 12.2. The summed E-state index contributed by atoms with van der Waals surface area (Å²) in [6, 6.07) is 12.4. The van der Waals surface area contributed by atoms with Crippen LogP contribution in [0.1, 0.15) is 44.6 Å². The van der Waals surface area contributed by atoms with Crippen LogP contribution in [0.4, 0.5) is 11.5 Å². The fourth-order valence-corrected chi connectivity index (χ4v) is 4.59. The van der Waals surface area contributed by atoms with Crippen LogP contribution in [0.3, 0.4) is 0 Å². The Kier molecular flexibility index (Phi) is 6.45. The molecule has 1 saturated heterocycles. The zero-order valence-corrected chi connectivity index (χ0v) is 19.8. The molecule has 1 aliphatic rings. The lowest BCUT2D eigenvalue weighted by Crippen LogP contribution is -2.26. The molecule has 1 fully saturated rings. The Hall–Kier alpha value is -3.45. The Balaban J connectivity index is 1.46. The van der Waals surface area contributed by atoms with Gasteiger partial charge in [0.15, 0.2) is 0 Å². The highest BCUT2D eigenvalue weighted by Crippen LogP contribution is 2.30. The van der Waals surface area contributed by atoms with Gasteiger partial charge in [0.2, 0.25) is 0 Å². The van der Waals surface area contributed by atoms with Crippen molar-refractivity contribution in [3.05, 3.63) is 70.9 Å². The van der Waals surface area contributed by atoms with Gasteiger partial charge < -0.3 is 15.6 Å². The molecule has 0 aliphatic carbocycles. The van der Waals surface area contributed by atoms with Crippen LogP contribution >= 0.6 is 0 Å². The summed E-state index contributed by atoms with van der Waals surface area (Å²) < 4.78 is 1.96. The second kappa shape index (κ2) is 9.81. The van der Waals surface area contributed by atoms with Crippen molar-refractivity contribution in [1.82, 2.24) is 25.1 Å². The van der Waals surface area contributed by atoms with E-state index in [1.807, 2.05) is 29.2 Å². The summed E-state index contributed by atoms with van der Waals surface area (Å²) in [6.07, 6.45) is 8.96. The van der Waals surface area contributed by atoms with Gasteiger partial charge in [0.1, 0.15) is 5.82 Å². The van der Waals surface area contributed by atoms with Crippen molar-refractivity contribution >= 4 is 22.3 Å². The second-order valence-corrected chi connectivity index (χ2v) is 9.57. The molecule has 176 valence electrons. The Morgan fingerprint density at radius 3 is 2.71 bits per heavy atom. The Morgan fingerprint density at radius 2 is 1.94 bits per heavy atom. The molecular formula is C27H32N6O. The third kappa shape index (κ3) is 4.89. The molecule has 0 amide bonds.